The van der Waals surface area contributed by atoms with Crippen LogP contribution < -0.4 is 0 Å². The van der Waals surface area contributed by atoms with Gasteiger partial charge in [0, 0.05) is 6.42 Å². The molecule has 0 bridgehead atoms. The minimum atomic E-state index is 0.0532. The molecule has 0 aliphatic carbocycles. The summed E-state index contributed by atoms with van der Waals surface area (Å²) in [6.45, 7) is 2.24. The van der Waals surface area contributed by atoms with E-state index in [4.69, 9.17) is 0 Å². The van der Waals surface area contributed by atoms with Gasteiger partial charge in [-0.2, -0.15) is 4.68 Å². The van der Waals surface area contributed by atoms with Crippen molar-refractivity contribution in [2.45, 2.75) is 96.8 Å². The summed E-state index contributed by atoms with van der Waals surface area (Å²) in [5.41, 5.74) is 1.59. The van der Waals surface area contributed by atoms with Crippen LogP contribution in [-0.2, 0) is 0 Å². The summed E-state index contributed by atoms with van der Waals surface area (Å²) >= 11 is 0. The van der Waals surface area contributed by atoms with Gasteiger partial charge in [-0.05, 0) is 37.8 Å². The second kappa shape index (κ2) is 14.1. The predicted octanol–water partition coefficient (Wildman–Crippen LogP) is 7.11. The van der Waals surface area contributed by atoms with Gasteiger partial charge in [-0.25, -0.2) is 0 Å². The van der Waals surface area contributed by atoms with Gasteiger partial charge in [0.25, 0.3) is 0 Å². The molecular weight excluding hydrogens is 346 g/mol. The molecule has 4 nitrogen and oxygen atoms in total. The Morgan fingerprint density at radius 1 is 0.857 bits per heavy atom. The lowest BCUT2D eigenvalue weighted by Crippen LogP contribution is -2.12. The second-order valence-corrected chi connectivity index (χ2v) is 7.72. The molecule has 0 radical (unpaired) electrons. The lowest BCUT2D eigenvalue weighted by molar-refractivity contribution is 0.0886. The van der Waals surface area contributed by atoms with E-state index in [0.29, 0.717) is 6.42 Å². The topological polar surface area (TPSA) is 47.8 Å². The van der Waals surface area contributed by atoms with Crippen molar-refractivity contribution in [3.8, 4) is 0 Å². The van der Waals surface area contributed by atoms with Gasteiger partial charge < -0.3 is 0 Å². The molecule has 0 N–H and O–H groups in total. The number of hydrogen-bond donors (Lipinski definition) is 0. The maximum atomic E-state index is 12.3. The van der Waals surface area contributed by atoms with E-state index in [1.807, 2.05) is 24.3 Å². The summed E-state index contributed by atoms with van der Waals surface area (Å²) in [7, 11) is 0. The van der Waals surface area contributed by atoms with E-state index in [9.17, 15) is 4.79 Å². The van der Waals surface area contributed by atoms with E-state index in [2.05, 4.69) is 29.4 Å². The van der Waals surface area contributed by atoms with E-state index in [-0.39, 0.29) is 5.91 Å². The van der Waals surface area contributed by atoms with Gasteiger partial charge in [0.15, 0.2) is 0 Å². The summed E-state index contributed by atoms with van der Waals surface area (Å²) in [6, 6.07) is 7.61. The number of benzene rings is 1. The van der Waals surface area contributed by atoms with Crippen molar-refractivity contribution < 1.29 is 4.79 Å². The first-order valence-electron chi connectivity index (χ1n) is 11.3. The molecule has 0 atom stereocenters. The van der Waals surface area contributed by atoms with Gasteiger partial charge >= 0.3 is 0 Å². The van der Waals surface area contributed by atoms with Crippen LogP contribution in [0, 0.1) is 0 Å². The number of carbonyl (C=O) groups excluding carboxylic acids is 1. The highest BCUT2D eigenvalue weighted by atomic mass is 16.2. The Kier molecular flexibility index (Phi) is 11.2. The van der Waals surface area contributed by atoms with Crippen molar-refractivity contribution in [2.24, 2.45) is 0 Å². The summed E-state index contributed by atoms with van der Waals surface area (Å²) in [5.74, 6) is 0.0532. The Bertz CT molecular complexity index is 705. The smallest absolute Gasteiger partial charge is 0.248 e. The fraction of sp³-hybridized carbons (Fsp3) is 0.625. The van der Waals surface area contributed by atoms with Crippen molar-refractivity contribution in [3.05, 3.63) is 36.4 Å². The highest BCUT2D eigenvalue weighted by molar-refractivity contribution is 5.88. The van der Waals surface area contributed by atoms with Crippen LogP contribution in [0.4, 0.5) is 0 Å². The van der Waals surface area contributed by atoms with Gasteiger partial charge in [0.2, 0.25) is 5.91 Å². The van der Waals surface area contributed by atoms with Crippen LogP contribution in [0.1, 0.15) is 102 Å². The number of unbranched alkanes of at least 4 members (excludes halogenated alkanes) is 11. The SMILES string of the molecule is CCCC/C=C/CCCCCCCCCCCC(=O)n1nnc2ccccc21. The quantitative estimate of drug-likeness (QED) is 0.243. The molecule has 0 saturated carbocycles. The normalized spacial score (nSPS) is 11.6. The number of allylic oxidation sites excluding steroid dienone is 2. The van der Waals surface area contributed by atoms with Crippen LogP contribution in [0.15, 0.2) is 36.4 Å². The lowest BCUT2D eigenvalue weighted by atomic mass is 10.1. The molecule has 0 spiro atoms. The molecule has 1 aromatic carbocycles. The summed E-state index contributed by atoms with van der Waals surface area (Å²) < 4.78 is 1.45. The Hall–Kier alpha value is -1.97. The third-order valence-electron chi connectivity index (χ3n) is 5.24. The number of rotatable bonds is 15. The number of para-hydroxylation sites is 1. The summed E-state index contributed by atoms with van der Waals surface area (Å²) in [4.78, 5) is 12.3. The van der Waals surface area contributed by atoms with Crippen molar-refractivity contribution in [3.63, 3.8) is 0 Å². The first-order chi connectivity index (χ1) is 13.8. The number of carbonyl (C=O) groups is 1. The van der Waals surface area contributed by atoms with E-state index in [0.717, 1.165) is 23.9 Å². The molecule has 0 aliphatic rings. The lowest BCUT2D eigenvalue weighted by Gasteiger charge is -2.03. The van der Waals surface area contributed by atoms with Gasteiger partial charge in [-0.3, -0.25) is 4.79 Å². The zero-order chi connectivity index (χ0) is 19.9. The molecule has 2 rings (SSSR count). The zero-order valence-electron chi connectivity index (χ0n) is 17.6. The molecule has 0 amide bonds. The molecule has 0 aliphatic heterocycles. The van der Waals surface area contributed by atoms with E-state index in [1.54, 1.807) is 0 Å². The van der Waals surface area contributed by atoms with E-state index < -0.39 is 0 Å². The largest absolute Gasteiger partial charge is 0.273 e. The Morgan fingerprint density at radius 2 is 1.46 bits per heavy atom. The van der Waals surface area contributed by atoms with Gasteiger partial charge in [0.05, 0.1) is 5.52 Å². The van der Waals surface area contributed by atoms with E-state index in [1.165, 1.54) is 75.3 Å². The Balaban J connectivity index is 1.42. The monoisotopic (exact) mass is 383 g/mol. The highest BCUT2D eigenvalue weighted by Gasteiger charge is 2.10. The van der Waals surface area contributed by atoms with Gasteiger partial charge in [-0.15, -0.1) is 5.10 Å². The fourth-order valence-corrected chi connectivity index (χ4v) is 3.49. The van der Waals surface area contributed by atoms with Crippen LogP contribution in [0.25, 0.3) is 11.0 Å². The fourth-order valence-electron chi connectivity index (χ4n) is 3.49. The third kappa shape index (κ3) is 8.37. The Labute approximate surface area is 170 Å². The molecule has 4 heteroatoms. The minimum Gasteiger partial charge on any atom is -0.273 e. The van der Waals surface area contributed by atoms with Gasteiger partial charge in [-0.1, -0.05) is 94.2 Å². The standard InChI is InChI=1S/C24H37N3O/c1-2-3-4-5-6-7-8-9-10-11-12-13-14-15-16-21-24(28)27-23-20-18-17-19-22(23)25-26-27/h5-6,17-20H,2-4,7-16,21H2,1H3/b6-5+. The van der Waals surface area contributed by atoms with Crippen LogP contribution in [-0.4, -0.2) is 20.9 Å². The third-order valence-corrected chi connectivity index (χ3v) is 5.24. The average Bonchev–Trinajstić information content (AvgIpc) is 3.15. The molecular formula is C24H37N3O. The van der Waals surface area contributed by atoms with Crippen LogP contribution in [0.2, 0.25) is 0 Å². The van der Waals surface area contributed by atoms with E-state index >= 15 is 0 Å². The molecule has 154 valence electrons. The first kappa shape index (κ1) is 22.3. The number of aromatic nitrogens is 3. The van der Waals surface area contributed by atoms with Crippen LogP contribution >= 0.6 is 0 Å². The van der Waals surface area contributed by atoms with Gasteiger partial charge in [0.1, 0.15) is 5.52 Å². The maximum Gasteiger partial charge on any atom is 0.248 e. The number of fused-ring (bicyclic) bond motifs is 1. The minimum absolute atomic E-state index is 0.0532. The van der Waals surface area contributed by atoms with Crippen LogP contribution in [0.5, 0.6) is 0 Å². The Morgan fingerprint density at radius 3 is 2.18 bits per heavy atom. The van der Waals surface area contributed by atoms with Crippen LogP contribution in [0.3, 0.4) is 0 Å². The molecule has 2 aromatic rings. The highest BCUT2D eigenvalue weighted by Crippen LogP contribution is 2.14. The molecule has 0 unspecified atom stereocenters. The predicted molar refractivity (Wildman–Crippen MR) is 118 cm³/mol. The number of hydrogen-bond acceptors (Lipinski definition) is 3. The molecule has 1 aromatic heterocycles. The molecule has 1 heterocycles. The first-order valence-corrected chi connectivity index (χ1v) is 11.3. The molecule has 0 saturated heterocycles. The molecule has 0 fully saturated rings. The molecule has 28 heavy (non-hydrogen) atoms. The maximum absolute atomic E-state index is 12.3. The second-order valence-electron chi connectivity index (χ2n) is 7.72. The van der Waals surface area contributed by atoms with Crippen molar-refractivity contribution in [1.82, 2.24) is 15.0 Å². The zero-order valence-corrected chi connectivity index (χ0v) is 17.6. The van der Waals surface area contributed by atoms with Crippen molar-refractivity contribution >= 4 is 16.9 Å². The number of nitrogens with zero attached hydrogens (tertiary/aromatic N) is 3. The average molecular weight is 384 g/mol. The summed E-state index contributed by atoms with van der Waals surface area (Å²) in [5, 5.41) is 8.05. The van der Waals surface area contributed by atoms with Crippen molar-refractivity contribution in [1.29, 1.82) is 0 Å². The summed E-state index contributed by atoms with van der Waals surface area (Å²) in [6.07, 6.45) is 21.7. The van der Waals surface area contributed by atoms with Crippen molar-refractivity contribution in [2.75, 3.05) is 0 Å².